The summed E-state index contributed by atoms with van der Waals surface area (Å²) in [5.74, 6) is 0.0738. The minimum Gasteiger partial charge on any atom is -0.497 e. The summed E-state index contributed by atoms with van der Waals surface area (Å²) >= 11 is 6.39. The molecule has 11 heteroatoms. The highest BCUT2D eigenvalue weighted by Gasteiger charge is 2.35. The van der Waals surface area contributed by atoms with E-state index < -0.39 is 6.04 Å². The molecule has 3 aromatic carbocycles. The molecule has 0 aliphatic carbocycles. The van der Waals surface area contributed by atoms with Crippen LogP contribution >= 0.6 is 11.6 Å². The Morgan fingerprint density at radius 1 is 1.05 bits per heavy atom. The van der Waals surface area contributed by atoms with E-state index in [4.69, 9.17) is 30.9 Å². The van der Waals surface area contributed by atoms with E-state index in [0.29, 0.717) is 66.1 Å². The Kier molecular flexibility index (Phi) is 9.91. The molecular formula is C32H34ClFN4O5. The fourth-order valence-corrected chi connectivity index (χ4v) is 5.48. The van der Waals surface area contributed by atoms with Crippen LogP contribution in [-0.2, 0) is 9.53 Å². The van der Waals surface area contributed by atoms with Crippen molar-refractivity contribution in [2.75, 3.05) is 60.2 Å². The molecule has 2 heterocycles. The van der Waals surface area contributed by atoms with Gasteiger partial charge in [0.25, 0.3) is 11.8 Å². The maximum atomic E-state index is 14.0. The van der Waals surface area contributed by atoms with Crippen molar-refractivity contribution in [3.05, 3.63) is 94.3 Å². The van der Waals surface area contributed by atoms with Crippen molar-refractivity contribution in [1.29, 1.82) is 0 Å². The summed E-state index contributed by atoms with van der Waals surface area (Å²) in [6, 6.07) is 17.7. The van der Waals surface area contributed by atoms with Crippen LogP contribution in [0.2, 0.25) is 5.02 Å². The molecule has 2 aliphatic heterocycles. The van der Waals surface area contributed by atoms with Crippen LogP contribution in [0.4, 0.5) is 4.39 Å². The van der Waals surface area contributed by atoms with Crippen LogP contribution in [0.1, 0.15) is 33.9 Å². The van der Waals surface area contributed by atoms with Crippen molar-refractivity contribution >= 4 is 29.1 Å². The zero-order chi connectivity index (χ0) is 30.3. The highest BCUT2D eigenvalue weighted by Crippen LogP contribution is 2.36. The molecule has 226 valence electrons. The van der Waals surface area contributed by atoms with Gasteiger partial charge in [0.1, 0.15) is 23.9 Å². The van der Waals surface area contributed by atoms with Crippen molar-refractivity contribution in [2.24, 2.45) is 5.10 Å². The van der Waals surface area contributed by atoms with Gasteiger partial charge in [0.05, 0.1) is 49.8 Å². The van der Waals surface area contributed by atoms with Crippen molar-refractivity contribution in [3.63, 3.8) is 0 Å². The Labute approximate surface area is 255 Å². The molecule has 0 saturated carbocycles. The Morgan fingerprint density at radius 2 is 1.79 bits per heavy atom. The number of halogens is 2. The third kappa shape index (κ3) is 7.15. The SMILES string of the molecule is COc1ccc(C2=NN(C(=O)CN(CCN3CCOCC3)C(=O)c3ccccc3Cl)[C@H](c3ccc(F)cc3)C2)c(OC)c1. The van der Waals surface area contributed by atoms with Gasteiger partial charge < -0.3 is 19.1 Å². The second kappa shape index (κ2) is 14.0. The lowest BCUT2D eigenvalue weighted by atomic mass is 9.97. The molecule has 0 radical (unpaired) electrons. The minimum atomic E-state index is -0.508. The fraction of sp³-hybridized carbons (Fsp3) is 0.344. The summed E-state index contributed by atoms with van der Waals surface area (Å²) in [5.41, 5.74) is 2.38. The first-order valence-corrected chi connectivity index (χ1v) is 14.5. The topological polar surface area (TPSA) is 83.9 Å². The summed E-state index contributed by atoms with van der Waals surface area (Å²) in [6.45, 7) is 3.41. The van der Waals surface area contributed by atoms with E-state index in [2.05, 4.69) is 4.90 Å². The average Bonchev–Trinajstić information content (AvgIpc) is 3.49. The molecule has 9 nitrogen and oxygen atoms in total. The van der Waals surface area contributed by atoms with Gasteiger partial charge >= 0.3 is 0 Å². The van der Waals surface area contributed by atoms with E-state index in [1.165, 1.54) is 22.0 Å². The quantitative estimate of drug-likeness (QED) is 0.333. The number of hydrogen-bond acceptors (Lipinski definition) is 7. The lowest BCUT2D eigenvalue weighted by molar-refractivity contribution is -0.133. The van der Waals surface area contributed by atoms with Crippen LogP contribution in [-0.4, -0.2) is 92.5 Å². The largest absolute Gasteiger partial charge is 0.497 e. The average molecular weight is 609 g/mol. The van der Waals surface area contributed by atoms with Gasteiger partial charge in [-0.2, -0.15) is 5.10 Å². The molecule has 2 amide bonds. The van der Waals surface area contributed by atoms with Crippen molar-refractivity contribution in [2.45, 2.75) is 12.5 Å². The number of carbonyl (C=O) groups is 2. The highest BCUT2D eigenvalue weighted by molar-refractivity contribution is 6.33. The molecule has 43 heavy (non-hydrogen) atoms. The van der Waals surface area contributed by atoms with Gasteiger partial charge in [0, 0.05) is 44.2 Å². The zero-order valence-electron chi connectivity index (χ0n) is 24.2. The maximum Gasteiger partial charge on any atom is 0.262 e. The van der Waals surface area contributed by atoms with Crippen LogP contribution < -0.4 is 9.47 Å². The van der Waals surface area contributed by atoms with Gasteiger partial charge in [0.15, 0.2) is 0 Å². The van der Waals surface area contributed by atoms with Gasteiger partial charge in [-0.05, 0) is 42.0 Å². The Hall–Kier alpha value is -3.99. The molecule has 3 aromatic rings. The summed E-state index contributed by atoms with van der Waals surface area (Å²) in [5, 5.41) is 6.46. The lowest BCUT2D eigenvalue weighted by Crippen LogP contribution is -2.46. The molecule has 0 bridgehead atoms. The van der Waals surface area contributed by atoms with Crippen molar-refractivity contribution < 1.29 is 28.2 Å². The third-order valence-corrected chi connectivity index (χ3v) is 7.98. The first-order valence-electron chi connectivity index (χ1n) is 14.1. The standard InChI is InChI=1S/C32H34ClFN4O5/c1-41-24-11-12-26(30(19-24)42-2)28-20-29(22-7-9-23(34)10-8-22)38(35-28)31(39)21-37(14-13-36-15-17-43-18-16-36)32(40)25-5-3-4-6-27(25)33/h3-12,19,29H,13-18,20-21H2,1-2H3/t29-/m0/s1. The molecule has 0 N–H and O–H groups in total. The van der Waals surface area contributed by atoms with E-state index >= 15 is 0 Å². The Balaban J connectivity index is 1.45. The number of amides is 2. The van der Waals surface area contributed by atoms with E-state index in [1.54, 1.807) is 62.8 Å². The number of nitrogens with zero attached hydrogens (tertiary/aromatic N) is 4. The second-order valence-electron chi connectivity index (χ2n) is 10.3. The van der Waals surface area contributed by atoms with Gasteiger partial charge in [-0.15, -0.1) is 0 Å². The number of rotatable bonds is 10. The molecule has 0 spiro atoms. The molecule has 1 atom stereocenters. The van der Waals surface area contributed by atoms with Crippen LogP contribution in [0.5, 0.6) is 11.5 Å². The van der Waals surface area contributed by atoms with Gasteiger partial charge in [-0.1, -0.05) is 35.9 Å². The first-order chi connectivity index (χ1) is 20.9. The predicted molar refractivity (Wildman–Crippen MR) is 161 cm³/mol. The smallest absolute Gasteiger partial charge is 0.262 e. The number of hydrogen-bond donors (Lipinski definition) is 0. The van der Waals surface area contributed by atoms with E-state index in [0.717, 1.165) is 18.7 Å². The molecule has 1 saturated heterocycles. The monoisotopic (exact) mass is 608 g/mol. The lowest BCUT2D eigenvalue weighted by Gasteiger charge is -2.31. The molecule has 5 rings (SSSR count). The highest BCUT2D eigenvalue weighted by atomic mass is 35.5. The summed E-state index contributed by atoms with van der Waals surface area (Å²) < 4.78 is 30.2. The van der Waals surface area contributed by atoms with Crippen LogP contribution in [0, 0.1) is 5.82 Å². The summed E-state index contributed by atoms with van der Waals surface area (Å²) in [6.07, 6.45) is 0.367. The molecule has 0 unspecified atom stereocenters. The Bertz CT molecular complexity index is 1480. The summed E-state index contributed by atoms with van der Waals surface area (Å²) in [4.78, 5) is 31.5. The van der Waals surface area contributed by atoms with E-state index in [-0.39, 0.29) is 24.2 Å². The third-order valence-electron chi connectivity index (χ3n) is 7.65. The van der Waals surface area contributed by atoms with Gasteiger partial charge in [-0.3, -0.25) is 14.5 Å². The van der Waals surface area contributed by atoms with Crippen LogP contribution in [0.15, 0.2) is 71.8 Å². The van der Waals surface area contributed by atoms with E-state index in [1.807, 2.05) is 6.07 Å². The minimum absolute atomic E-state index is 0.220. The molecular weight excluding hydrogens is 575 g/mol. The van der Waals surface area contributed by atoms with Gasteiger partial charge in [-0.25, -0.2) is 9.40 Å². The normalized spacial score (nSPS) is 17.0. The predicted octanol–water partition coefficient (Wildman–Crippen LogP) is 4.65. The number of ether oxygens (including phenoxy) is 3. The fourth-order valence-electron chi connectivity index (χ4n) is 5.26. The second-order valence-corrected chi connectivity index (χ2v) is 10.7. The van der Waals surface area contributed by atoms with Crippen LogP contribution in [0.25, 0.3) is 0 Å². The number of hydrazone groups is 1. The molecule has 0 aromatic heterocycles. The van der Waals surface area contributed by atoms with Crippen molar-refractivity contribution in [1.82, 2.24) is 14.8 Å². The number of morpholine rings is 1. The van der Waals surface area contributed by atoms with Gasteiger partial charge in [0.2, 0.25) is 0 Å². The molecule has 2 aliphatic rings. The first kappa shape index (κ1) is 30.5. The van der Waals surface area contributed by atoms with Crippen LogP contribution in [0.3, 0.4) is 0 Å². The van der Waals surface area contributed by atoms with E-state index in [9.17, 15) is 14.0 Å². The van der Waals surface area contributed by atoms with Crippen molar-refractivity contribution in [3.8, 4) is 11.5 Å². The zero-order valence-corrected chi connectivity index (χ0v) is 24.9. The number of methoxy groups -OCH3 is 2. The maximum absolute atomic E-state index is 14.0. The number of carbonyl (C=O) groups excluding carboxylic acids is 2. The Morgan fingerprint density at radius 3 is 2.49 bits per heavy atom. The molecule has 1 fully saturated rings. The number of benzene rings is 3. The summed E-state index contributed by atoms with van der Waals surface area (Å²) in [7, 11) is 3.13.